The van der Waals surface area contributed by atoms with Crippen LogP contribution >= 0.6 is 0 Å². The smallest absolute Gasteiger partial charge is 0.413 e. The zero-order valence-corrected chi connectivity index (χ0v) is 21.7. The van der Waals surface area contributed by atoms with Crippen LogP contribution in [0.5, 0.6) is 0 Å². The van der Waals surface area contributed by atoms with Crippen molar-refractivity contribution in [2.75, 3.05) is 0 Å². The first kappa shape index (κ1) is 21.8. The van der Waals surface area contributed by atoms with E-state index in [1.807, 2.05) is 32.7 Å². The summed E-state index contributed by atoms with van der Waals surface area (Å²) in [6.45, 7) is 22.0. The molecule has 0 aliphatic carbocycles. The second-order valence-corrected chi connectivity index (χ2v) is 24.5. The molecule has 0 saturated carbocycles. The lowest BCUT2D eigenvalue weighted by molar-refractivity contribution is 0.113. The molecule has 1 heterocycles. The van der Waals surface area contributed by atoms with Crippen LogP contribution in [0.3, 0.4) is 0 Å². The largest absolute Gasteiger partial charge is 0.640 e. The van der Waals surface area contributed by atoms with Crippen molar-refractivity contribution < 1.29 is 24.7 Å². The van der Waals surface area contributed by atoms with Crippen LogP contribution in [0, 0.1) is 0 Å². The molecule has 0 amide bonds. The van der Waals surface area contributed by atoms with Crippen molar-refractivity contribution in [3.63, 3.8) is 0 Å². The summed E-state index contributed by atoms with van der Waals surface area (Å²) in [7, 11) is -13.1. The van der Waals surface area contributed by atoms with Gasteiger partial charge in [0, 0.05) is 0 Å². The summed E-state index contributed by atoms with van der Waals surface area (Å²) in [4.78, 5) is 0. The second kappa shape index (κ2) is 7.58. The van der Waals surface area contributed by atoms with E-state index >= 15 is 0 Å². The van der Waals surface area contributed by atoms with E-state index in [2.05, 4.69) is 32.8 Å². The summed E-state index contributed by atoms with van der Waals surface area (Å²) in [5, 5.41) is 0. The van der Waals surface area contributed by atoms with Crippen molar-refractivity contribution in [3.8, 4) is 0 Å². The quantitative estimate of drug-likeness (QED) is 0.629. The lowest BCUT2D eigenvalue weighted by Gasteiger charge is -2.47. The van der Waals surface area contributed by atoms with Gasteiger partial charge >= 0.3 is 34.7 Å². The summed E-state index contributed by atoms with van der Waals surface area (Å²) >= 11 is 0. The molecule has 1 saturated heterocycles. The molecule has 0 unspecified atom stereocenters. The third kappa shape index (κ3) is 6.90. The van der Waals surface area contributed by atoms with Gasteiger partial charge in [-0.25, -0.2) is 0 Å². The van der Waals surface area contributed by atoms with E-state index in [-0.39, 0.29) is 0 Å². The Hall–Kier alpha value is 0.801. The van der Waals surface area contributed by atoms with E-state index < -0.39 is 52.8 Å². The Kier molecular flexibility index (Phi) is 7.20. The summed E-state index contributed by atoms with van der Waals surface area (Å²) < 4.78 is 37.9. The van der Waals surface area contributed by atoms with Crippen LogP contribution in [0.4, 0.5) is 0 Å². The minimum atomic E-state index is -3.29. The van der Waals surface area contributed by atoms with Crippen molar-refractivity contribution in [3.05, 3.63) is 12.3 Å². The van der Waals surface area contributed by atoms with Crippen molar-refractivity contribution in [2.45, 2.75) is 58.9 Å². The van der Waals surface area contributed by atoms with Crippen LogP contribution in [0.25, 0.3) is 0 Å². The van der Waals surface area contributed by atoms with Gasteiger partial charge in [0.25, 0.3) is 0 Å². The van der Waals surface area contributed by atoms with Gasteiger partial charge in [-0.05, 0) is 58.9 Å². The molecule has 134 valence electrons. The molecule has 1 fully saturated rings. The molecule has 0 N–H and O–H groups in total. The Bertz CT molecular complexity index is 397. The lowest BCUT2D eigenvalue weighted by atomic mass is 11.3. The summed E-state index contributed by atoms with van der Waals surface area (Å²) in [6.07, 6.45) is 0. The summed E-state index contributed by atoms with van der Waals surface area (Å²) in [6, 6.07) is 0. The molecule has 0 aromatic heterocycles. The Morgan fingerprint density at radius 2 is 1.09 bits per heavy atom. The van der Waals surface area contributed by atoms with Gasteiger partial charge in [0.2, 0.25) is 0 Å². The molecular formula is C11H30O6Si6. The highest BCUT2D eigenvalue weighted by Crippen LogP contribution is 2.32. The average Bonchev–Trinajstić information content (AvgIpc) is 2.20. The highest BCUT2D eigenvalue weighted by atomic mass is 28.6. The molecule has 0 spiro atoms. The molecule has 1 aliphatic heterocycles. The van der Waals surface area contributed by atoms with Gasteiger partial charge in [-0.3, -0.25) is 0 Å². The predicted octanol–water partition coefficient (Wildman–Crippen LogP) is 3.24. The molecule has 0 atom stereocenters. The Morgan fingerprint density at radius 3 is 1.35 bits per heavy atom. The van der Waals surface area contributed by atoms with E-state index in [0.29, 0.717) is 0 Å². The Morgan fingerprint density at radius 1 is 0.739 bits per heavy atom. The van der Waals surface area contributed by atoms with Crippen molar-refractivity contribution in [1.82, 2.24) is 0 Å². The van der Waals surface area contributed by atoms with Crippen LogP contribution in [-0.4, -0.2) is 52.8 Å². The maximum atomic E-state index is 6.40. The standard InChI is InChI=1S/C11H30O6Si6/c1-11-22(10)14-20(6,7)16-23(12-18(2)3,13-19(4)5)17-21(8,9)15-22/h11H,1H2,2-10H3. The average molecular weight is 427 g/mol. The monoisotopic (exact) mass is 426 g/mol. The van der Waals surface area contributed by atoms with Crippen molar-refractivity contribution in [1.29, 1.82) is 0 Å². The van der Waals surface area contributed by atoms with Crippen molar-refractivity contribution in [2.24, 2.45) is 0 Å². The highest BCUT2D eigenvalue weighted by molar-refractivity contribution is 6.94. The fourth-order valence-electron chi connectivity index (χ4n) is 2.35. The van der Waals surface area contributed by atoms with Crippen LogP contribution in [0.1, 0.15) is 0 Å². The molecule has 2 radical (unpaired) electrons. The van der Waals surface area contributed by atoms with Crippen LogP contribution in [0.15, 0.2) is 12.3 Å². The third-order valence-corrected chi connectivity index (χ3v) is 21.8. The maximum Gasteiger partial charge on any atom is 0.640 e. The fourth-order valence-corrected chi connectivity index (χ4v) is 24.5. The van der Waals surface area contributed by atoms with E-state index in [4.69, 9.17) is 24.7 Å². The zero-order valence-electron chi connectivity index (χ0n) is 15.7. The Labute approximate surface area is 148 Å². The zero-order chi connectivity index (χ0) is 18.1. The van der Waals surface area contributed by atoms with E-state index in [9.17, 15) is 0 Å². The topological polar surface area (TPSA) is 55.4 Å². The molecule has 1 rings (SSSR count). The maximum absolute atomic E-state index is 6.40. The van der Waals surface area contributed by atoms with E-state index in [1.165, 1.54) is 0 Å². The van der Waals surface area contributed by atoms with E-state index in [0.717, 1.165) is 0 Å². The first-order chi connectivity index (χ1) is 10.2. The fraction of sp³-hybridized carbons (Fsp3) is 0.818. The van der Waals surface area contributed by atoms with Gasteiger partial charge in [0.15, 0.2) is 18.1 Å². The molecule has 6 nitrogen and oxygen atoms in total. The van der Waals surface area contributed by atoms with Gasteiger partial charge in [-0.1, -0.05) is 5.70 Å². The minimum Gasteiger partial charge on any atom is -0.413 e. The SMILES string of the molecule is C=C[Si]1(C)O[Si](C)(C)O[Si](O[Si](C)C)(O[Si](C)C)O[Si](C)(C)O1. The third-order valence-electron chi connectivity index (χ3n) is 2.67. The first-order valence-corrected chi connectivity index (χ1v) is 22.1. The van der Waals surface area contributed by atoms with Gasteiger partial charge in [-0.15, -0.1) is 6.58 Å². The molecule has 12 heteroatoms. The van der Waals surface area contributed by atoms with Crippen LogP contribution in [-0.2, 0) is 24.7 Å². The number of rotatable bonds is 5. The summed E-state index contributed by atoms with van der Waals surface area (Å²) in [5.74, 6) is 0. The normalized spacial score (nSPS) is 25.9. The molecule has 0 bridgehead atoms. The molecule has 0 aromatic carbocycles. The molecule has 23 heavy (non-hydrogen) atoms. The highest BCUT2D eigenvalue weighted by Gasteiger charge is 2.60. The van der Waals surface area contributed by atoms with Crippen molar-refractivity contribution >= 4 is 52.8 Å². The first-order valence-electron chi connectivity index (χ1n) is 7.65. The van der Waals surface area contributed by atoms with Crippen LogP contribution in [0.2, 0.25) is 58.9 Å². The molecule has 0 aromatic rings. The van der Waals surface area contributed by atoms with Gasteiger partial charge < -0.3 is 24.7 Å². The minimum absolute atomic E-state index is 1.07. The molecule has 1 aliphatic rings. The lowest BCUT2D eigenvalue weighted by Crippen LogP contribution is -2.69. The van der Waals surface area contributed by atoms with Gasteiger partial charge in [0.1, 0.15) is 0 Å². The number of hydrogen-bond donors (Lipinski definition) is 0. The Balaban J connectivity index is 3.27. The van der Waals surface area contributed by atoms with Gasteiger partial charge in [0.05, 0.1) is 0 Å². The predicted molar refractivity (Wildman–Crippen MR) is 104 cm³/mol. The second-order valence-electron chi connectivity index (χ2n) is 6.95. The van der Waals surface area contributed by atoms with Gasteiger partial charge in [-0.2, -0.15) is 0 Å². The van der Waals surface area contributed by atoms with Crippen LogP contribution < -0.4 is 0 Å². The summed E-state index contributed by atoms with van der Waals surface area (Å²) in [5.41, 5.74) is 1.79. The number of hydrogen-bond acceptors (Lipinski definition) is 6. The molecular weight excluding hydrogens is 397 g/mol. The van der Waals surface area contributed by atoms with E-state index in [1.54, 1.807) is 5.70 Å².